The van der Waals surface area contributed by atoms with E-state index < -0.39 is 23.6 Å². The van der Waals surface area contributed by atoms with Crippen molar-refractivity contribution >= 4 is 28.8 Å². The lowest BCUT2D eigenvalue weighted by Gasteiger charge is -2.31. The summed E-state index contributed by atoms with van der Waals surface area (Å²) in [5.74, 6) is -1.68. The van der Waals surface area contributed by atoms with E-state index in [9.17, 15) is 18.4 Å². The Balaban J connectivity index is 1.72. The van der Waals surface area contributed by atoms with Crippen LogP contribution in [0.25, 0.3) is 0 Å². The van der Waals surface area contributed by atoms with Crippen molar-refractivity contribution in [3.63, 3.8) is 0 Å². The molecule has 1 N–H and O–H groups in total. The lowest BCUT2D eigenvalue weighted by molar-refractivity contribution is -0.126. The Labute approximate surface area is 200 Å². The number of hydrogen-bond acceptors (Lipinski definition) is 3. The van der Waals surface area contributed by atoms with Gasteiger partial charge in [0.25, 0.3) is 0 Å². The third-order valence-corrected chi connectivity index (χ3v) is 6.16. The number of anilines is 1. The smallest absolute Gasteiger partial charge is 0.248 e. The van der Waals surface area contributed by atoms with Crippen LogP contribution in [0.3, 0.4) is 0 Å². The summed E-state index contributed by atoms with van der Waals surface area (Å²) < 4.78 is 27.3. The topological polar surface area (TPSA) is 49.4 Å². The second-order valence-electron chi connectivity index (χ2n) is 7.65. The lowest BCUT2D eigenvalue weighted by atomic mass is 10.0. The monoisotopic (exact) mass is 476 g/mol. The Morgan fingerprint density at radius 3 is 2.09 bits per heavy atom. The molecule has 0 spiro atoms. The van der Waals surface area contributed by atoms with Crippen molar-refractivity contribution in [1.82, 2.24) is 5.32 Å². The summed E-state index contributed by atoms with van der Waals surface area (Å²) in [4.78, 5) is 29.2. The molecule has 7 heteroatoms. The van der Waals surface area contributed by atoms with E-state index in [1.165, 1.54) is 64.8 Å². The number of thiophene rings is 1. The average Bonchev–Trinajstić information content (AvgIpc) is 3.36. The summed E-state index contributed by atoms with van der Waals surface area (Å²) in [6, 6.07) is 22.9. The van der Waals surface area contributed by atoms with Gasteiger partial charge in [-0.05, 0) is 59.0 Å². The molecule has 34 heavy (non-hydrogen) atoms. The largest absolute Gasteiger partial charge is 0.350 e. The fourth-order valence-corrected chi connectivity index (χ4v) is 4.33. The fourth-order valence-electron chi connectivity index (χ4n) is 3.63. The van der Waals surface area contributed by atoms with Crippen molar-refractivity contribution in [1.29, 1.82) is 0 Å². The number of carbonyl (C=O) groups is 2. The third-order valence-electron chi connectivity index (χ3n) is 5.28. The molecule has 0 aliphatic carbocycles. The first-order chi connectivity index (χ1) is 16.5. The Kier molecular flexibility index (Phi) is 7.44. The summed E-state index contributed by atoms with van der Waals surface area (Å²) in [6.45, 7) is 0.258. The first-order valence-corrected chi connectivity index (χ1v) is 11.6. The molecule has 0 bridgehead atoms. The Hall–Kier alpha value is -3.84. The maximum Gasteiger partial charge on any atom is 0.248 e. The first-order valence-electron chi connectivity index (χ1n) is 10.7. The van der Waals surface area contributed by atoms with Gasteiger partial charge in [-0.2, -0.15) is 0 Å². The van der Waals surface area contributed by atoms with Crippen molar-refractivity contribution in [2.75, 3.05) is 4.90 Å². The van der Waals surface area contributed by atoms with Crippen LogP contribution in [-0.4, -0.2) is 11.8 Å². The Morgan fingerprint density at radius 1 is 0.824 bits per heavy atom. The zero-order chi connectivity index (χ0) is 23.9. The fraction of sp³-hybridized carbons (Fsp3) is 0.111. The number of halogens is 2. The van der Waals surface area contributed by atoms with Crippen LogP contribution in [0, 0.1) is 11.6 Å². The standard InChI is InChI=1S/C27H22F2N2O2S/c28-21-10-8-20(9-11-21)26(27(33)30-18-19-5-2-1-3-6-19)31(23-14-12-22(29)13-15-23)25(32)17-24-7-4-16-34-24/h1-16,26H,17-18H2,(H,30,33)/t26-/m1/s1. The Morgan fingerprint density at radius 2 is 1.47 bits per heavy atom. The number of nitrogens with zero attached hydrogens (tertiary/aromatic N) is 1. The van der Waals surface area contributed by atoms with Crippen LogP contribution in [0.2, 0.25) is 0 Å². The highest BCUT2D eigenvalue weighted by molar-refractivity contribution is 7.10. The van der Waals surface area contributed by atoms with Gasteiger partial charge in [0.1, 0.15) is 17.7 Å². The number of rotatable bonds is 8. The van der Waals surface area contributed by atoms with Crippen LogP contribution in [-0.2, 0) is 22.6 Å². The van der Waals surface area contributed by atoms with E-state index in [-0.39, 0.29) is 18.9 Å². The second kappa shape index (κ2) is 10.9. The van der Waals surface area contributed by atoms with Gasteiger partial charge < -0.3 is 5.32 Å². The molecule has 172 valence electrons. The third kappa shape index (κ3) is 5.74. The van der Waals surface area contributed by atoms with Crippen LogP contribution >= 0.6 is 11.3 Å². The molecule has 0 aliphatic rings. The van der Waals surface area contributed by atoms with Crippen LogP contribution < -0.4 is 10.2 Å². The molecular weight excluding hydrogens is 454 g/mol. The molecule has 0 saturated carbocycles. The predicted molar refractivity (Wildman–Crippen MR) is 129 cm³/mol. The van der Waals surface area contributed by atoms with Gasteiger partial charge in [-0.1, -0.05) is 48.5 Å². The minimum atomic E-state index is -1.08. The van der Waals surface area contributed by atoms with E-state index in [2.05, 4.69) is 5.32 Å². The molecule has 1 atom stereocenters. The van der Waals surface area contributed by atoms with Gasteiger partial charge in [0, 0.05) is 17.1 Å². The minimum absolute atomic E-state index is 0.0682. The highest BCUT2D eigenvalue weighted by Gasteiger charge is 2.33. The quantitative estimate of drug-likeness (QED) is 0.357. The van der Waals surface area contributed by atoms with Gasteiger partial charge in [0.05, 0.1) is 6.42 Å². The maximum absolute atomic E-state index is 13.7. The number of amides is 2. The van der Waals surface area contributed by atoms with E-state index >= 15 is 0 Å². The van der Waals surface area contributed by atoms with Gasteiger partial charge in [-0.15, -0.1) is 11.3 Å². The molecule has 0 saturated heterocycles. The van der Waals surface area contributed by atoms with Crippen molar-refractivity contribution in [3.05, 3.63) is 124 Å². The molecule has 2 amide bonds. The highest BCUT2D eigenvalue weighted by atomic mass is 32.1. The van der Waals surface area contributed by atoms with Crippen molar-refractivity contribution in [2.24, 2.45) is 0 Å². The molecule has 0 fully saturated rings. The van der Waals surface area contributed by atoms with Crippen molar-refractivity contribution in [2.45, 2.75) is 19.0 Å². The predicted octanol–water partition coefficient (Wildman–Crippen LogP) is 5.66. The van der Waals surface area contributed by atoms with Gasteiger partial charge in [0.2, 0.25) is 11.8 Å². The van der Waals surface area contributed by atoms with E-state index in [4.69, 9.17) is 0 Å². The van der Waals surface area contributed by atoms with E-state index in [1.54, 1.807) is 0 Å². The van der Waals surface area contributed by atoms with E-state index in [1.807, 2.05) is 47.8 Å². The van der Waals surface area contributed by atoms with E-state index in [0.717, 1.165) is 10.4 Å². The van der Waals surface area contributed by atoms with Crippen LogP contribution in [0.4, 0.5) is 14.5 Å². The Bertz CT molecular complexity index is 1230. The molecule has 1 heterocycles. The number of hydrogen-bond donors (Lipinski definition) is 1. The molecule has 0 radical (unpaired) electrons. The molecule has 1 aromatic heterocycles. The summed E-state index contributed by atoms with van der Waals surface area (Å²) in [6.07, 6.45) is 0.0682. The van der Waals surface area contributed by atoms with Crippen molar-refractivity contribution < 1.29 is 18.4 Å². The van der Waals surface area contributed by atoms with Gasteiger partial charge >= 0.3 is 0 Å². The average molecular weight is 477 g/mol. The number of carbonyl (C=O) groups excluding carboxylic acids is 2. The first kappa shape index (κ1) is 23.3. The molecule has 0 aliphatic heterocycles. The van der Waals surface area contributed by atoms with Crippen LogP contribution in [0.1, 0.15) is 22.0 Å². The summed E-state index contributed by atoms with van der Waals surface area (Å²) in [5, 5.41) is 4.76. The molecule has 3 aromatic carbocycles. The zero-order valence-electron chi connectivity index (χ0n) is 18.2. The van der Waals surface area contributed by atoms with Gasteiger partial charge in [0.15, 0.2) is 0 Å². The maximum atomic E-state index is 13.7. The van der Waals surface area contributed by atoms with Crippen LogP contribution in [0.15, 0.2) is 96.4 Å². The highest BCUT2D eigenvalue weighted by Crippen LogP contribution is 2.30. The summed E-state index contributed by atoms with van der Waals surface area (Å²) >= 11 is 1.43. The second-order valence-corrected chi connectivity index (χ2v) is 8.69. The van der Waals surface area contributed by atoms with Crippen molar-refractivity contribution in [3.8, 4) is 0 Å². The SMILES string of the molecule is O=C(NCc1ccccc1)[C@@H](c1ccc(F)cc1)N(C(=O)Cc1cccs1)c1ccc(F)cc1. The van der Waals surface area contributed by atoms with Gasteiger partial charge in [-0.3, -0.25) is 14.5 Å². The lowest BCUT2D eigenvalue weighted by Crippen LogP contribution is -2.44. The zero-order valence-corrected chi connectivity index (χ0v) is 19.0. The summed E-state index contributed by atoms with van der Waals surface area (Å²) in [5.41, 5.74) is 1.70. The molecular formula is C27H22F2N2O2S. The number of nitrogens with one attached hydrogen (secondary N) is 1. The normalized spacial score (nSPS) is 11.6. The van der Waals surface area contributed by atoms with E-state index in [0.29, 0.717) is 11.3 Å². The molecule has 0 unspecified atom stereocenters. The minimum Gasteiger partial charge on any atom is -0.350 e. The molecule has 4 aromatic rings. The molecule has 4 rings (SSSR count). The van der Waals surface area contributed by atoms with Gasteiger partial charge in [-0.25, -0.2) is 8.78 Å². The number of benzene rings is 3. The van der Waals surface area contributed by atoms with Crippen LogP contribution in [0.5, 0.6) is 0 Å². The molecule has 4 nitrogen and oxygen atoms in total. The summed E-state index contributed by atoms with van der Waals surface area (Å²) in [7, 11) is 0.